The molecule has 0 heterocycles. The molecular formula is C10H14N2O2. The van der Waals surface area contributed by atoms with Gasteiger partial charge in [-0.25, -0.2) is 10.2 Å². The van der Waals surface area contributed by atoms with Gasteiger partial charge in [0, 0.05) is 12.2 Å². The minimum atomic E-state index is -0.319. The first-order valence-corrected chi connectivity index (χ1v) is 4.45. The van der Waals surface area contributed by atoms with Crippen molar-refractivity contribution >= 4 is 11.7 Å². The van der Waals surface area contributed by atoms with E-state index in [-0.39, 0.29) is 5.97 Å². The molecule has 0 aliphatic carbocycles. The zero-order valence-electron chi connectivity index (χ0n) is 8.33. The molecule has 0 aromatic heterocycles. The number of ether oxygens (including phenoxy) is 1. The van der Waals surface area contributed by atoms with Crippen molar-refractivity contribution in [3.8, 4) is 0 Å². The number of esters is 1. The number of carbonyl (C=O) groups is 1. The zero-order valence-corrected chi connectivity index (χ0v) is 8.33. The molecule has 0 atom stereocenters. The maximum Gasteiger partial charge on any atom is 0.337 e. The van der Waals surface area contributed by atoms with Crippen molar-refractivity contribution < 1.29 is 9.53 Å². The SMILES string of the molecule is CCNNc1ccc(C(=O)OC)cc1. The summed E-state index contributed by atoms with van der Waals surface area (Å²) in [5.74, 6) is -0.319. The Hall–Kier alpha value is -1.55. The molecule has 1 aromatic rings. The van der Waals surface area contributed by atoms with Gasteiger partial charge < -0.3 is 10.2 Å². The standard InChI is InChI=1S/C10H14N2O2/c1-3-11-12-9-6-4-8(5-7-9)10(13)14-2/h4-7,11-12H,3H2,1-2H3. The third-order valence-corrected chi connectivity index (χ3v) is 1.72. The number of methoxy groups -OCH3 is 1. The predicted molar refractivity (Wildman–Crippen MR) is 55.1 cm³/mol. The highest BCUT2D eigenvalue weighted by Crippen LogP contribution is 2.08. The second kappa shape index (κ2) is 5.24. The summed E-state index contributed by atoms with van der Waals surface area (Å²) in [6, 6.07) is 7.06. The Morgan fingerprint density at radius 2 is 2.00 bits per heavy atom. The summed E-state index contributed by atoms with van der Waals surface area (Å²) in [4.78, 5) is 11.1. The van der Waals surface area contributed by atoms with Crippen LogP contribution in [0.1, 0.15) is 17.3 Å². The average molecular weight is 194 g/mol. The Morgan fingerprint density at radius 3 is 2.50 bits per heavy atom. The summed E-state index contributed by atoms with van der Waals surface area (Å²) >= 11 is 0. The second-order valence-corrected chi connectivity index (χ2v) is 2.72. The average Bonchev–Trinajstić information content (AvgIpc) is 2.26. The summed E-state index contributed by atoms with van der Waals surface area (Å²) in [5.41, 5.74) is 7.40. The molecule has 0 aliphatic rings. The van der Waals surface area contributed by atoms with Crippen LogP contribution in [-0.4, -0.2) is 19.6 Å². The predicted octanol–water partition coefficient (Wildman–Crippen LogP) is 1.41. The van der Waals surface area contributed by atoms with Crippen LogP contribution >= 0.6 is 0 Å². The number of hydrazine groups is 1. The molecule has 0 saturated carbocycles. The number of hydrogen-bond donors (Lipinski definition) is 2. The van der Waals surface area contributed by atoms with E-state index in [1.165, 1.54) is 7.11 Å². The minimum absolute atomic E-state index is 0.319. The molecule has 0 bridgehead atoms. The number of anilines is 1. The van der Waals surface area contributed by atoms with E-state index in [1.54, 1.807) is 12.1 Å². The Balaban J connectivity index is 2.63. The van der Waals surface area contributed by atoms with Gasteiger partial charge in [-0.2, -0.15) is 0 Å². The third-order valence-electron chi connectivity index (χ3n) is 1.72. The lowest BCUT2D eigenvalue weighted by atomic mass is 10.2. The van der Waals surface area contributed by atoms with E-state index < -0.39 is 0 Å². The fourth-order valence-corrected chi connectivity index (χ4v) is 0.998. The van der Waals surface area contributed by atoms with Crippen LogP contribution in [-0.2, 0) is 4.74 Å². The van der Waals surface area contributed by atoms with Gasteiger partial charge in [0.15, 0.2) is 0 Å². The fraction of sp³-hybridized carbons (Fsp3) is 0.300. The van der Waals surface area contributed by atoms with Gasteiger partial charge in [-0.1, -0.05) is 6.92 Å². The van der Waals surface area contributed by atoms with Gasteiger partial charge in [-0.3, -0.25) is 0 Å². The monoisotopic (exact) mass is 194 g/mol. The lowest BCUT2D eigenvalue weighted by Crippen LogP contribution is -2.20. The van der Waals surface area contributed by atoms with E-state index in [4.69, 9.17) is 0 Å². The molecular weight excluding hydrogens is 180 g/mol. The van der Waals surface area contributed by atoms with E-state index in [0.29, 0.717) is 5.56 Å². The van der Waals surface area contributed by atoms with Crippen LogP contribution in [0.4, 0.5) is 5.69 Å². The lowest BCUT2D eigenvalue weighted by molar-refractivity contribution is 0.0601. The molecule has 4 heteroatoms. The zero-order chi connectivity index (χ0) is 10.4. The number of carbonyl (C=O) groups excluding carboxylic acids is 1. The van der Waals surface area contributed by atoms with Gasteiger partial charge in [0.2, 0.25) is 0 Å². The summed E-state index contributed by atoms with van der Waals surface area (Å²) < 4.78 is 4.58. The quantitative estimate of drug-likeness (QED) is 0.562. The van der Waals surface area contributed by atoms with Crippen LogP contribution < -0.4 is 10.9 Å². The molecule has 1 rings (SSSR count). The highest BCUT2D eigenvalue weighted by molar-refractivity contribution is 5.89. The largest absolute Gasteiger partial charge is 0.465 e. The molecule has 4 nitrogen and oxygen atoms in total. The molecule has 76 valence electrons. The van der Waals surface area contributed by atoms with Crippen LogP contribution in [0.2, 0.25) is 0 Å². The molecule has 0 spiro atoms. The fourth-order valence-electron chi connectivity index (χ4n) is 0.998. The number of hydrogen-bond acceptors (Lipinski definition) is 4. The Labute approximate surface area is 83.2 Å². The topological polar surface area (TPSA) is 50.4 Å². The van der Waals surface area contributed by atoms with Crippen LogP contribution in [0.3, 0.4) is 0 Å². The van der Waals surface area contributed by atoms with Gasteiger partial charge in [-0.15, -0.1) is 0 Å². The van der Waals surface area contributed by atoms with Crippen molar-refractivity contribution in [1.82, 2.24) is 5.43 Å². The van der Waals surface area contributed by atoms with E-state index in [0.717, 1.165) is 12.2 Å². The maximum atomic E-state index is 11.1. The van der Waals surface area contributed by atoms with E-state index in [9.17, 15) is 4.79 Å². The lowest BCUT2D eigenvalue weighted by Gasteiger charge is -2.06. The van der Waals surface area contributed by atoms with Crippen LogP contribution in [0.5, 0.6) is 0 Å². The maximum absolute atomic E-state index is 11.1. The number of rotatable bonds is 4. The molecule has 0 fully saturated rings. The highest BCUT2D eigenvalue weighted by Gasteiger charge is 2.03. The summed E-state index contributed by atoms with van der Waals surface area (Å²) in [6.45, 7) is 2.83. The normalized spacial score (nSPS) is 9.57. The second-order valence-electron chi connectivity index (χ2n) is 2.72. The summed E-state index contributed by atoms with van der Waals surface area (Å²) in [5, 5.41) is 0. The number of nitrogens with one attached hydrogen (secondary N) is 2. The first kappa shape index (κ1) is 10.5. The minimum Gasteiger partial charge on any atom is -0.465 e. The molecule has 0 saturated heterocycles. The molecule has 0 radical (unpaired) electrons. The third kappa shape index (κ3) is 2.74. The van der Waals surface area contributed by atoms with Gasteiger partial charge in [0.1, 0.15) is 0 Å². The molecule has 2 N–H and O–H groups in total. The summed E-state index contributed by atoms with van der Waals surface area (Å²) in [6.07, 6.45) is 0. The van der Waals surface area contributed by atoms with E-state index in [1.807, 2.05) is 19.1 Å². The van der Waals surface area contributed by atoms with E-state index in [2.05, 4.69) is 15.6 Å². The Morgan fingerprint density at radius 1 is 1.36 bits per heavy atom. The van der Waals surface area contributed by atoms with Crippen molar-refractivity contribution in [2.75, 3.05) is 19.1 Å². The molecule has 1 aromatic carbocycles. The summed E-state index contributed by atoms with van der Waals surface area (Å²) in [7, 11) is 1.37. The van der Waals surface area contributed by atoms with Crippen molar-refractivity contribution in [2.24, 2.45) is 0 Å². The van der Waals surface area contributed by atoms with Crippen molar-refractivity contribution in [3.05, 3.63) is 29.8 Å². The molecule has 0 unspecified atom stereocenters. The van der Waals surface area contributed by atoms with E-state index >= 15 is 0 Å². The smallest absolute Gasteiger partial charge is 0.337 e. The molecule has 0 amide bonds. The van der Waals surface area contributed by atoms with Crippen molar-refractivity contribution in [1.29, 1.82) is 0 Å². The first-order chi connectivity index (χ1) is 6.77. The van der Waals surface area contributed by atoms with Gasteiger partial charge in [-0.05, 0) is 24.3 Å². The Bertz CT molecular complexity index is 295. The van der Waals surface area contributed by atoms with Gasteiger partial charge >= 0.3 is 5.97 Å². The van der Waals surface area contributed by atoms with Crippen LogP contribution in [0, 0.1) is 0 Å². The van der Waals surface area contributed by atoms with Gasteiger partial charge in [0.25, 0.3) is 0 Å². The number of benzene rings is 1. The van der Waals surface area contributed by atoms with Crippen LogP contribution in [0.15, 0.2) is 24.3 Å². The van der Waals surface area contributed by atoms with Crippen molar-refractivity contribution in [3.63, 3.8) is 0 Å². The van der Waals surface area contributed by atoms with Crippen LogP contribution in [0.25, 0.3) is 0 Å². The Kier molecular flexibility index (Phi) is 3.94. The van der Waals surface area contributed by atoms with Crippen molar-refractivity contribution in [2.45, 2.75) is 6.92 Å². The highest BCUT2D eigenvalue weighted by atomic mass is 16.5. The molecule has 14 heavy (non-hydrogen) atoms. The van der Waals surface area contributed by atoms with Gasteiger partial charge in [0.05, 0.1) is 12.7 Å². The molecule has 0 aliphatic heterocycles. The first-order valence-electron chi connectivity index (χ1n) is 4.45.